The highest BCUT2D eigenvalue weighted by Crippen LogP contribution is 2.25. The maximum atomic E-state index is 12.6. The number of aryl methyl sites for hydroxylation is 2. The quantitative estimate of drug-likeness (QED) is 0.735. The van der Waals surface area contributed by atoms with E-state index >= 15 is 0 Å². The van der Waals surface area contributed by atoms with Gasteiger partial charge in [0.05, 0.1) is 16.2 Å². The van der Waals surface area contributed by atoms with Crippen LogP contribution in [0.2, 0.25) is 0 Å². The van der Waals surface area contributed by atoms with Crippen LogP contribution >= 0.6 is 0 Å². The van der Waals surface area contributed by atoms with Crippen molar-refractivity contribution in [1.82, 2.24) is 4.98 Å². The Bertz CT molecular complexity index is 1070. The van der Waals surface area contributed by atoms with Gasteiger partial charge in [-0.3, -0.25) is 0 Å². The second-order valence-electron chi connectivity index (χ2n) is 5.98. The minimum absolute atomic E-state index is 0.152. The van der Waals surface area contributed by atoms with E-state index in [0.29, 0.717) is 17.0 Å². The van der Waals surface area contributed by atoms with Crippen molar-refractivity contribution in [2.45, 2.75) is 24.5 Å². The van der Waals surface area contributed by atoms with E-state index in [1.807, 2.05) is 13.0 Å². The van der Waals surface area contributed by atoms with E-state index < -0.39 is 15.8 Å². The SMILES string of the molecule is Cc1cccc(S(=O)(=O)Cc2nc(-c3ccc(C(=O)O)cc3)oc2C)c1. The van der Waals surface area contributed by atoms with Crippen molar-refractivity contribution in [3.8, 4) is 11.5 Å². The Kier molecular flexibility index (Phi) is 4.65. The number of oxazole rings is 1. The molecule has 0 atom stereocenters. The van der Waals surface area contributed by atoms with E-state index in [0.717, 1.165) is 5.56 Å². The zero-order valence-electron chi connectivity index (χ0n) is 14.3. The predicted octanol–water partition coefficient (Wildman–Crippen LogP) is 3.63. The number of aromatic nitrogens is 1. The molecule has 0 bridgehead atoms. The van der Waals surface area contributed by atoms with Crippen molar-refractivity contribution < 1.29 is 22.7 Å². The highest BCUT2D eigenvalue weighted by molar-refractivity contribution is 7.90. The van der Waals surface area contributed by atoms with Gasteiger partial charge in [0.2, 0.25) is 5.89 Å². The zero-order chi connectivity index (χ0) is 18.9. The summed E-state index contributed by atoms with van der Waals surface area (Å²) in [6, 6.07) is 12.8. The van der Waals surface area contributed by atoms with Gasteiger partial charge in [0.15, 0.2) is 9.84 Å². The van der Waals surface area contributed by atoms with Gasteiger partial charge in [0.1, 0.15) is 11.5 Å². The minimum Gasteiger partial charge on any atom is -0.478 e. The smallest absolute Gasteiger partial charge is 0.335 e. The summed E-state index contributed by atoms with van der Waals surface area (Å²) >= 11 is 0. The normalized spacial score (nSPS) is 11.5. The molecule has 2 aromatic carbocycles. The highest BCUT2D eigenvalue weighted by Gasteiger charge is 2.21. The molecule has 1 aromatic heterocycles. The molecule has 3 rings (SSSR count). The number of hydrogen-bond donors (Lipinski definition) is 1. The number of sulfone groups is 1. The van der Waals surface area contributed by atoms with Crippen molar-refractivity contribution in [3.05, 3.63) is 71.1 Å². The van der Waals surface area contributed by atoms with Gasteiger partial charge in [-0.15, -0.1) is 0 Å². The van der Waals surface area contributed by atoms with Crippen LogP contribution in [0.1, 0.15) is 27.4 Å². The van der Waals surface area contributed by atoms with Gasteiger partial charge in [0.25, 0.3) is 0 Å². The lowest BCUT2D eigenvalue weighted by molar-refractivity contribution is 0.0697. The summed E-state index contributed by atoms with van der Waals surface area (Å²) in [4.78, 5) is 15.5. The molecule has 134 valence electrons. The van der Waals surface area contributed by atoms with Gasteiger partial charge >= 0.3 is 5.97 Å². The molecule has 0 unspecified atom stereocenters. The molecule has 1 heterocycles. The average Bonchev–Trinajstić information content (AvgIpc) is 2.95. The fourth-order valence-electron chi connectivity index (χ4n) is 2.51. The number of carboxylic acids is 1. The van der Waals surface area contributed by atoms with Crippen molar-refractivity contribution in [2.24, 2.45) is 0 Å². The Morgan fingerprint density at radius 2 is 1.81 bits per heavy atom. The summed E-state index contributed by atoms with van der Waals surface area (Å²) in [5.74, 6) is -0.614. The molecular weight excluding hydrogens is 354 g/mol. The lowest BCUT2D eigenvalue weighted by atomic mass is 10.1. The van der Waals surface area contributed by atoms with Gasteiger partial charge in [-0.05, 0) is 55.8 Å². The maximum Gasteiger partial charge on any atom is 0.335 e. The van der Waals surface area contributed by atoms with Crippen LogP contribution in [0.5, 0.6) is 0 Å². The number of carboxylic acid groups (broad SMARTS) is 1. The third-order valence-corrected chi connectivity index (χ3v) is 5.57. The second kappa shape index (κ2) is 6.76. The van der Waals surface area contributed by atoms with Gasteiger partial charge in [-0.1, -0.05) is 12.1 Å². The molecule has 0 aliphatic heterocycles. The van der Waals surface area contributed by atoms with E-state index in [1.165, 1.54) is 12.1 Å². The summed E-state index contributed by atoms with van der Waals surface area (Å²) in [6.07, 6.45) is 0. The molecule has 0 radical (unpaired) electrons. The standard InChI is InChI=1S/C19H17NO5S/c1-12-4-3-5-16(10-12)26(23,24)11-17-13(2)25-18(20-17)14-6-8-15(9-7-14)19(21)22/h3-10H,11H2,1-2H3,(H,21,22). The van der Waals surface area contributed by atoms with E-state index in [9.17, 15) is 13.2 Å². The van der Waals surface area contributed by atoms with Crippen molar-refractivity contribution in [2.75, 3.05) is 0 Å². The van der Waals surface area contributed by atoms with E-state index in [1.54, 1.807) is 37.3 Å². The Labute approximate surface area is 151 Å². The number of benzene rings is 2. The van der Waals surface area contributed by atoms with Crippen LogP contribution in [0.4, 0.5) is 0 Å². The molecule has 0 aliphatic rings. The van der Waals surface area contributed by atoms with Crippen LogP contribution < -0.4 is 0 Å². The van der Waals surface area contributed by atoms with E-state index in [-0.39, 0.29) is 22.1 Å². The Hall–Kier alpha value is -2.93. The van der Waals surface area contributed by atoms with Crippen LogP contribution in [-0.2, 0) is 15.6 Å². The molecule has 26 heavy (non-hydrogen) atoms. The molecule has 6 nitrogen and oxygen atoms in total. The molecule has 1 N–H and O–H groups in total. The summed E-state index contributed by atoms with van der Waals surface area (Å²) < 4.78 is 30.8. The summed E-state index contributed by atoms with van der Waals surface area (Å²) in [5.41, 5.74) is 1.93. The second-order valence-corrected chi connectivity index (χ2v) is 7.97. The molecule has 0 spiro atoms. The topological polar surface area (TPSA) is 97.5 Å². The first-order chi connectivity index (χ1) is 12.3. The number of hydrogen-bond acceptors (Lipinski definition) is 5. The third-order valence-electron chi connectivity index (χ3n) is 3.95. The van der Waals surface area contributed by atoms with E-state index in [4.69, 9.17) is 9.52 Å². The van der Waals surface area contributed by atoms with Crippen LogP contribution in [0.25, 0.3) is 11.5 Å². The summed E-state index contributed by atoms with van der Waals surface area (Å²) in [6.45, 7) is 3.49. The van der Waals surface area contributed by atoms with Crippen molar-refractivity contribution in [3.63, 3.8) is 0 Å². The van der Waals surface area contributed by atoms with E-state index in [2.05, 4.69) is 4.98 Å². The monoisotopic (exact) mass is 371 g/mol. The lowest BCUT2D eigenvalue weighted by Gasteiger charge is -2.03. The molecule has 0 saturated carbocycles. The fraction of sp³-hybridized carbons (Fsp3) is 0.158. The van der Waals surface area contributed by atoms with Crippen LogP contribution in [0.15, 0.2) is 57.8 Å². The first kappa shape index (κ1) is 17.9. The maximum absolute atomic E-state index is 12.6. The van der Waals surface area contributed by atoms with Crippen molar-refractivity contribution >= 4 is 15.8 Å². The molecule has 0 amide bonds. The van der Waals surface area contributed by atoms with Crippen LogP contribution in [0.3, 0.4) is 0 Å². The highest BCUT2D eigenvalue weighted by atomic mass is 32.2. The number of carbonyl (C=O) groups is 1. The average molecular weight is 371 g/mol. The molecule has 7 heteroatoms. The van der Waals surface area contributed by atoms with Crippen molar-refractivity contribution in [1.29, 1.82) is 0 Å². The Morgan fingerprint density at radius 3 is 2.42 bits per heavy atom. The first-order valence-corrected chi connectivity index (χ1v) is 9.51. The lowest BCUT2D eigenvalue weighted by Crippen LogP contribution is -2.06. The van der Waals surface area contributed by atoms with Gasteiger partial charge < -0.3 is 9.52 Å². The third kappa shape index (κ3) is 3.67. The fourth-order valence-corrected chi connectivity index (χ4v) is 3.96. The molecule has 0 fully saturated rings. The Balaban J connectivity index is 1.90. The zero-order valence-corrected chi connectivity index (χ0v) is 15.1. The van der Waals surface area contributed by atoms with Gasteiger partial charge in [0, 0.05) is 5.56 Å². The molecule has 0 aliphatic carbocycles. The number of nitrogens with zero attached hydrogens (tertiary/aromatic N) is 1. The first-order valence-electron chi connectivity index (χ1n) is 7.86. The largest absolute Gasteiger partial charge is 0.478 e. The Morgan fingerprint density at radius 1 is 1.12 bits per heavy atom. The summed E-state index contributed by atoms with van der Waals surface area (Å²) in [5, 5.41) is 8.94. The van der Waals surface area contributed by atoms with Gasteiger partial charge in [-0.25, -0.2) is 18.2 Å². The molecular formula is C19H17NO5S. The predicted molar refractivity (Wildman–Crippen MR) is 95.7 cm³/mol. The van der Waals surface area contributed by atoms with Gasteiger partial charge in [-0.2, -0.15) is 0 Å². The van der Waals surface area contributed by atoms with Crippen LogP contribution in [0, 0.1) is 13.8 Å². The minimum atomic E-state index is -3.55. The number of rotatable bonds is 5. The summed E-state index contributed by atoms with van der Waals surface area (Å²) in [7, 11) is -3.55. The molecule has 0 saturated heterocycles. The van der Waals surface area contributed by atoms with Crippen LogP contribution in [-0.4, -0.2) is 24.5 Å². The molecule has 3 aromatic rings. The number of aromatic carboxylic acids is 1.